The summed E-state index contributed by atoms with van der Waals surface area (Å²) in [4.78, 5) is 34.3. The Bertz CT molecular complexity index is 1600. The van der Waals surface area contributed by atoms with Crippen LogP contribution in [0.15, 0.2) is 103 Å². The van der Waals surface area contributed by atoms with E-state index >= 15 is 0 Å². The van der Waals surface area contributed by atoms with Gasteiger partial charge in [-0.2, -0.15) is 5.06 Å². The Hall–Kier alpha value is -5.08. The summed E-state index contributed by atoms with van der Waals surface area (Å²) in [6.45, 7) is 2.07. The van der Waals surface area contributed by atoms with Crippen molar-refractivity contribution in [1.29, 1.82) is 0 Å². The van der Waals surface area contributed by atoms with Crippen molar-refractivity contribution in [2.75, 3.05) is 10.4 Å². The molecule has 2 aromatic heterocycles. The van der Waals surface area contributed by atoms with E-state index in [0.717, 1.165) is 16.6 Å². The number of fused-ring (bicyclic) bond motifs is 1. The molecule has 8 heteroatoms. The number of aryl methyl sites for hydroxylation is 1. The number of hydroxylamine groups is 1. The molecular weight excluding hydrogens is 480 g/mol. The highest BCUT2D eigenvalue weighted by atomic mass is 16.5. The molecule has 188 valence electrons. The fourth-order valence-electron chi connectivity index (χ4n) is 3.90. The van der Waals surface area contributed by atoms with Crippen LogP contribution in [0.25, 0.3) is 10.9 Å². The zero-order valence-corrected chi connectivity index (χ0v) is 20.5. The molecule has 2 amide bonds. The van der Waals surface area contributed by atoms with E-state index in [0.29, 0.717) is 34.2 Å². The Labute approximate surface area is 219 Å². The summed E-state index contributed by atoms with van der Waals surface area (Å²) in [6, 6.07) is 26.0. The summed E-state index contributed by atoms with van der Waals surface area (Å²) in [5, 5.41) is 15.0. The first kappa shape index (κ1) is 24.6. The van der Waals surface area contributed by atoms with Gasteiger partial charge in [0.25, 0.3) is 11.8 Å². The van der Waals surface area contributed by atoms with Crippen LogP contribution in [0.5, 0.6) is 5.75 Å². The average Bonchev–Trinajstić information content (AvgIpc) is 2.97. The smallest absolute Gasteiger partial charge is 0.281 e. The molecule has 3 aromatic carbocycles. The van der Waals surface area contributed by atoms with Crippen molar-refractivity contribution >= 4 is 34.1 Å². The van der Waals surface area contributed by atoms with Gasteiger partial charge in [0.2, 0.25) is 0 Å². The maximum absolute atomic E-state index is 13.0. The number of hydrogen-bond donors (Lipinski definition) is 2. The number of carbonyl (C=O) groups excluding carboxylic acids is 2. The molecule has 2 N–H and O–H groups in total. The van der Waals surface area contributed by atoms with Crippen molar-refractivity contribution in [3.63, 3.8) is 0 Å². The topological polar surface area (TPSA) is 105 Å². The molecule has 38 heavy (non-hydrogen) atoms. The second kappa shape index (κ2) is 10.9. The molecule has 0 aliphatic carbocycles. The van der Waals surface area contributed by atoms with Crippen LogP contribution in [0.3, 0.4) is 0 Å². The van der Waals surface area contributed by atoms with Gasteiger partial charge >= 0.3 is 0 Å². The second-order valence-electron chi connectivity index (χ2n) is 8.62. The van der Waals surface area contributed by atoms with Gasteiger partial charge in [-0.25, -0.2) is 0 Å². The first-order valence-electron chi connectivity index (χ1n) is 11.9. The maximum atomic E-state index is 13.0. The van der Waals surface area contributed by atoms with Crippen LogP contribution in [-0.4, -0.2) is 27.0 Å². The van der Waals surface area contributed by atoms with Crippen LogP contribution in [-0.2, 0) is 6.61 Å². The number of amides is 2. The summed E-state index contributed by atoms with van der Waals surface area (Å²) in [5.41, 5.74) is 3.67. The van der Waals surface area contributed by atoms with Gasteiger partial charge in [-0.1, -0.05) is 18.2 Å². The molecule has 0 aliphatic heterocycles. The Balaban J connectivity index is 1.27. The van der Waals surface area contributed by atoms with Crippen molar-refractivity contribution in [2.45, 2.75) is 13.5 Å². The van der Waals surface area contributed by atoms with E-state index in [-0.39, 0.29) is 17.2 Å². The number of aromatic nitrogens is 2. The monoisotopic (exact) mass is 504 g/mol. The van der Waals surface area contributed by atoms with Gasteiger partial charge in [-0.3, -0.25) is 24.8 Å². The number of nitrogens with one attached hydrogen (secondary N) is 1. The summed E-state index contributed by atoms with van der Waals surface area (Å²) in [5.74, 6) is -0.361. The van der Waals surface area contributed by atoms with Crippen molar-refractivity contribution in [3.05, 3.63) is 126 Å². The van der Waals surface area contributed by atoms with Crippen molar-refractivity contribution in [3.8, 4) is 5.75 Å². The number of carbonyl (C=O) groups is 2. The minimum absolute atomic E-state index is 0.256. The van der Waals surface area contributed by atoms with E-state index in [1.54, 1.807) is 80.0 Å². The van der Waals surface area contributed by atoms with Gasteiger partial charge in [0.05, 0.1) is 16.9 Å². The third-order valence-electron chi connectivity index (χ3n) is 5.97. The predicted molar refractivity (Wildman–Crippen MR) is 144 cm³/mol. The number of nitrogens with zero attached hydrogens (tertiary/aromatic N) is 3. The second-order valence-corrected chi connectivity index (χ2v) is 8.62. The highest BCUT2D eigenvalue weighted by molar-refractivity contribution is 6.08. The number of hydrogen-bond acceptors (Lipinski definition) is 6. The fraction of sp³-hybridized carbons (Fsp3) is 0.0667. The number of rotatable bonds is 7. The Kier molecular flexibility index (Phi) is 7.06. The van der Waals surface area contributed by atoms with Gasteiger partial charge in [-0.15, -0.1) is 0 Å². The standard InChI is InChI=1S/C30H24N4O4/c1-20-7-11-24(33-29(35)23-10-14-27-22(17-23)5-4-16-32-27)18-28(20)34(37)30(36)21-8-12-26(13-9-21)38-19-25-6-2-3-15-31-25/h2-18,37H,19H2,1H3,(H,33,35). The van der Waals surface area contributed by atoms with E-state index in [2.05, 4.69) is 15.3 Å². The molecule has 8 nitrogen and oxygen atoms in total. The van der Waals surface area contributed by atoms with Crippen LogP contribution in [0, 0.1) is 6.92 Å². The molecular formula is C30H24N4O4. The minimum Gasteiger partial charge on any atom is -0.487 e. The van der Waals surface area contributed by atoms with Crippen LogP contribution in [0.2, 0.25) is 0 Å². The zero-order chi connectivity index (χ0) is 26.5. The first-order valence-corrected chi connectivity index (χ1v) is 11.9. The number of anilines is 2. The highest BCUT2D eigenvalue weighted by Crippen LogP contribution is 2.26. The Morgan fingerprint density at radius 2 is 1.66 bits per heavy atom. The lowest BCUT2D eigenvalue weighted by atomic mass is 10.1. The van der Waals surface area contributed by atoms with Gasteiger partial charge < -0.3 is 10.1 Å². The molecule has 0 fully saturated rings. The summed E-state index contributed by atoms with van der Waals surface area (Å²) >= 11 is 0. The van der Waals surface area contributed by atoms with E-state index < -0.39 is 5.91 Å². The highest BCUT2D eigenvalue weighted by Gasteiger charge is 2.19. The Morgan fingerprint density at radius 1 is 0.868 bits per heavy atom. The van der Waals surface area contributed by atoms with Crippen molar-refractivity contribution in [1.82, 2.24) is 9.97 Å². The van der Waals surface area contributed by atoms with Crippen LogP contribution in [0.1, 0.15) is 32.0 Å². The number of benzene rings is 3. The molecule has 0 aliphatic rings. The normalized spacial score (nSPS) is 10.7. The molecule has 0 saturated carbocycles. The van der Waals surface area contributed by atoms with E-state index in [1.807, 2.05) is 30.3 Å². The molecule has 0 unspecified atom stereocenters. The lowest BCUT2D eigenvalue weighted by molar-refractivity contribution is 0.0854. The number of ether oxygens (including phenoxy) is 1. The van der Waals surface area contributed by atoms with E-state index in [9.17, 15) is 14.8 Å². The van der Waals surface area contributed by atoms with E-state index in [1.165, 1.54) is 0 Å². The van der Waals surface area contributed by atoms with Crippen molar-refractivity contribution < 1.29 is 19.5 Å². The maximum Gasteiger partial charge on any atom is 0.281 e. The lowest BCUT2D eigenvalue weighted by Gasteiger charge is -2.19. The third kappa shape index (κ3) is 5.50. The SMILES string of the molecule is Cc1ccc(NC(=O)c2ccc3ncccc3c2)cc1N(O)C(=O)c1ccc(OCc2ccccn2)cc1. The third-order valence-corrected chi connectivity index (χ3v) is 5.97. The molecule has 0 atom stereocenters. The number of pyridine rings is 2. The average molecular weight is 505 g/mol. The predicted octanol–water partition coefficient (Wildman–Crippen LogP) is 5.81. The molecule has 0 saturated heterocycles. The van der Waals surface area contributed by atoms with Crippen LogP contribution >= 0.6 is 0 Å². The van der Waals surface area contributed by atoms with Crippen LogP contribution in [0.4, 0.5) is 11.4 Å². The quantitative estimate of drug-likeness (QED) is 0.214. The Morgan fingerprint density at radius 3 is 2.45 bits per heavy atom. The van der Waals surface area contributed by atoms with Gasteiger partial charge in [0.15, 0.2) is 0 Å². The molecule has 0 bridgehead atoms. The molecule has 5 aromatic rings. The summed E-state index contributed by atoms with van der Waals surface area (Å²) in [6.07, 6.45) is 3.39. The molecule has 0 radical (unpaired) electrons. The zero-order valence-electron chi connectivity index (χ0n) is 20.5. The molecule has 2 heterocycles. The van der Waals surface area contributed by atoms with Crippen molar-refractivity contribution in [2.24, 2.45) is 0 Å². The largest absolute Gasteiger partial charge is 0.487 e. The molecule has 5 rings (SSSR count). The minimum atomic E-state index is -0.616. The summed E-state index contributed by atoms with van der Waals surface area (Å²) in [7, 11) is 0. The summed E-state index contributed by atoms with van der Waals surface area (Å²) < 4.78 is 5.71. The van der Waals surface area contributed by atoms with E-state index in [4.69, 9.17) is 4.74 Å². The lowest BCUT2D eigenvalue weighted by Crippen LogP contribution is -2.27. The van der Waals surface area contributed by atoms with Crippen LogP contribution < -0.4 is 15.1 Å². The molecule has 0 spiro atoms. The van der Waals surface area contributed by atoms with Gasteiger partial charge in [-0.05, 0) is 85.3 Å². The van der Waals surface area contributed by atoms with Gasteiger partial charge in [0.1, 0.15) is 12.4 Å². The first-order chi connectivity index (χ1) is 18.5. The fourth-order valence-corrected chi connectivity index (χ4v) is 3.90. The van der Waals surface area contributed by atoms with Gasteiger partial charge in [0, 0.05) is 34.6 Å².